The number of thiophene rings is 1. The van der Waals surface area contributed by atoms with Gasteiger partial charge in [-0.25, -0.2) is 9.50 Å². The van der Waals surface area contributed by atoms with Gasteiger partial charge in [-0.2, -0.15) is 0 Å². The van der Waals surface area contributed by atoms with Crippen molar-refractivity contribution in [3.05, 3.63) is 38.3 Å². The summed E-state index contributed by atoms with van der Waals surface area (Å²) in [6.45, 7) is 9.03. The Kier molecular flexibility index (Phi) is 5.12. The first kappa shape index (κ1) is 19.6. The third-order valence-electron chi connectivity index (χ3n) is 6.06. The van der Waals surface area contributed by atoms with Gasteiger partial charge in [0.05, 0.1) is 14.9 Å². The van der Waals surface area contributed by atoms with E-state index in [0.29, 0.717) is 27.0 Å². The van der Waals surface area contributed by atoms with E-state index in [9.17, 15) is 4.79 Å². The molecule has 0 atom stereocenters. The van der Waals surface area contributed by atoms with E-state index in [4.69, 9.17) is 21.7 Å². The zero-order valence-corrected chi connectivity index (χ0v) is 18.5. The van der Waals surface area contributed by atoms with Crippen LogP contribution in [0.3, 0.4) is 0 Å². The van der Waals surface area contributed by atoms with Crippen molar-refractivity contribution in [1.82, 2.24) is 19.6 Å². The lowest BCUT2D eigenvalue weighted by molar-refractivity contribution is 0.167. The highest BCUT2D eigenvalue weighted by molar-refractivity contribution is 7.19. The summed E-state index contributed by atoms with van der Waals surface area (Å²) in [5.41, 5.74) is 1.63. The highest BCUT2D eigenvalue weighted by atomic mass is 35.5. The Morgan fingerprint density at radius 3 is 2.54 bits per heavy atom. The molecule has 1 N–H and O–H groups in total. The maximum absolute atomic E-state index is 12.9. The third kappa shape index (κ3) is 3.52. The average Bonchev–Trinajstić information content (AvgIpc) is 3.25. The van der Waals surface area contributed by atoms with Crippen molar-refractivity contribution < 1.29 is 0 Å². The van der Waals surface area contributed by atoms with Crippen molar-refractivity contribution in [2.75, 3.05) is 0 Å². The number of aromatic nitrogens is 4. The summed E-state index contributed by atoms with van der Waals surface area (Å²) in [6.07, 6.45) is 5.30. The lowest BCUT2D eigenvalue weighted by atomic mass is 9.70. The molecule has 28 heavy (non-hydrogen) atoms. The quantitative estimate of drug-likeness (QED) is 0.594. The maximum Gasteiger partial charge on any atom is 0.277 e. The zero-order valence-electron chi connectivity index (χ0n) is 16.9. The van der Waals surface area contributed by atoms with Crippen molar-refractivity contribution in [2.24, 2.45) is 11.3 Å². The Morgan fingerprint density at radius 2 is 1.96 bits per heavy atom. The minimum absolute atomic E-state index is 0.131. The fourth-order valence-corrected chi connectivity index (χ4v) is 5.36. The first-order valence-electron chi connectivity index (χ1n) is 10.1. The number of aryl methyl sites for hydroxylation is 1. The van der Waals surface area contributed by atoms with Crippen molar-refractivity contribution in [1.29, 1.82) is 0 Å². The SMILES string of the molecule is CCc1nc(C2CCC(C(C)(C)C)CC2)n2nc(-c3ccc(Cl)s3)[nH]c(=O)c12. The second-order valence-electron chi connectivity index (χ2n) is 8.85. The van der Waals surface area contributed by atoms with Crippen LogP contribution in [0.15, 0.2) is 16.9 Å². The molecular formula is C21H27ClN4OS. The molecule has 0 bridgehead atoms. The van der Waals surface area contributed by atoms with E-state index >= 15 is 0 Å². The molecule has 1 aliphatic rings. The Morgan fingerprint density at radius 1 is 1.25 bits per heavy atom. The van der Waals surface area contributed by atoms with Crippen molar-refractivity contribution in [2.45, 2.75) is 65.7 Å². The number of aromatic amines is 1. The number of fused-ring (bicyclic) bond motifs is 1. The molecule has 0 radical (unpaired) electrons. The Bertz CT molecular complexity index is 1050. The molecular weight excluding hydrogens is 392 g/mol. The van der Waals surface area contributed by atoms with Crippen LogP contribution in [0.4, 0.5) is 0 Å². The van der Waals surface area contributed by atoms with Gasteiger partial charge in [-0.1, -0.05) is 39.3 Å². The number of imidazole rings is 1. The molecule has 150 valence electrons. The summed E-state index contributed by atoms with van der Waals surface area (Å²) in [6, 6.07) is 3.72. The van der Waals surface area contributed by atoms with Crippen LogP contribution in [0.1, 0.15) is 70.8 Å². The predicted molar refractivity (Wildman–Crippen MR) is 115 cm³/mol. The molecule has 7 heteroatoms. The van der Waals surface area contributed by atoms with Gasteiger partial charge < -0.3 is 4.98 Å². The number of rotatable bonds is 3. The van der Waals surface area contributed by atoms with Gasteiger partial charge >= 0.3 is 0 Å². The molecule has 0 amide bonds. The number of nitrogens with zero attached hydrogens (tertiary/aromatic N) is 3. The highest BCUT2D eigenvalue weighted by Crippen LogP contribution is 2.43. The Hall–Kier alpha value is -1.66. The molecule has 1 fully saturated rings. The molecule has 0 saturated heterocycles. The smallest absolute Gasteiger partial charge is 0.277 e. The largest absolute Gasteiger partial charge is 0.303 e. The minimum atomic E-state index is -0.131. The number of halogens is 1. The minimum Gasteiger partial charge on any atom is -0.303 e. The van der Waals surface area contributed by atoms with E-state index in [2.05, 4.69) is 25.8 Å². The fraction of sp³-hybridized carbons (Fsp3) is 0.571. The molecule has 1 aliphatic carbocycles. The van der Waals surface area contributed by atoms with Gasteiger partial charge in [0.1, 0.15) is 5.82 Å². The topological polar surface area (TPSA) is 63.1 Å². The average molecular weight is 419 g/mol. The van der Waals surface area contributed by atoms with Gasteiger partial charge in [0.25, 0.3) is 5.56 Å². The summed E-state index contributed by atoms with van der Waals surface area (Å²) in [5.74, 6) is 2.58. The normalized spacial score (nSPS) is 20.8. The zero-order chi connectivity index (χ0) is 20.1. The molecule has 0 unspecified atom stereocenters. The lowest BCUT2D eigenvalue weighted by Crippen LogP contribution is -2.26. The monoisotopic (exact) mass is 418 g/mol. The summed E-state index contributed by atoms with van der Waals surface area (Å²) in [4.78, 5) is 21.5. The molecule has 5 nitrogen and oxygen atoms in total. The molecule has 0 aliphatic heterocycles. The van der Waals surface area contributed by atoms with Crippen LogP contribution < -0.4 is 5.56 Å². The van der Waals surface area contributed by atoms with Gasteiger partial charge in [0.15, 0.2) is 11.3 Å². The van der Waals surface area contributed by atoms with E-state index in [0.717, 1.165) is 41.6 Å². The number of nitrogens with one attached hydrogen (secondary N) is 1. The lowest BCUT2D eigenvalue weighted by Gasteiger charge is -2.36. The Labute approximate surface area is 174 Å². The van der Waals surface area contributed by atoms with Gasteiger partial charge in [-0.3, -0.25) is 4.79 Å². The van der Waals surface area contributed by atoms with Gasteiger partial charge in [-0.15, -0.1) is 16.4 Å². The molecule has 1 saturated carbocycles. The van der Waals surface area contributed by atoms with E-state index in [1.54, 1.807) is 0 Å². The van der Waals surface area contributed by atoms with Crippen molar-refractivity contribution in [3.63, 3.8) is 0 Å². The highest BCUT2D eigenvalue weighted by Gasteiger charge is 2.32. The van der Waals surface area contributed by atoms with Gasteiger partial charge in [0.2, 0.25) is 0 Å². The van der Waals surface area contributed by atoms with Crippen LogP contribution in [0.25, 0.3) is 16.2 Å². The molecule has 0 aromatic carbocycles. The Balaban J connectivity index is 1.76. The summed E-state index contributed by atoms with van der Waals surface area (Å²) >= 11 is 7.49. The van der Waals surface area contributed by atoms with Crippen LogP contribution in [0, 0.1) is 11.3 Å². The van der Waals surface area contributed by atoms with E-state index in [-0.39, 0.29) is 5.56 Å². The molecule has 3 heterocycles. The van der Waals surface area contributed by atoms with E-state index < -0.39 is 0 Å². The summed E-state index contributed by atoms with van der Waals surface area (Å²) in [7, 11) is 0. The van der Waals surface area contributed by atoms with Crippen LogP contribution in [0.5, 0.6) is 0 Å². The van der Waals surface area contributed by atoms with E-state index in [1.165, 1.54) is 24.2 Å². The standard InChI is InChI=1S/C21H27ClN4OS/c1-5-14-17-20(27)24-18(15-10-11-16(22)28-15)25-26(17)19(23-14)12-6-8-13(9-7-12)21(2,3)4/h10-13H,5-9H2,1-4H3,(H,24,25,27). The molecule has 3 aromatic heterocycles. The van der Waals surface area contributed by atoms with E-state index in [1.807, 2.05) is 23.6 Å². The van der Waals surface area contributed by atoms with Crippen LogP contribution >= 0.6 is 22.9 Å². The molecule has 3 aromatic rings. The molecule has 0 spiro atoms. The second kappa shape index (κ2) is 7.30. The molecule has 4 rings (SSSR count). The number of H-pyrrole nitrogens is 1. The second-order valence-corrected chi connectivity index (χ2v) is 10.6. The van der Waals surface area contributed by atoms with Crippen LogP contribution in [0.2, 0.25) is 4.34 Å². The van der Waals surface area contributed by atoms with Gasteiger partial charge in [0, 0.05) is 5.92 Å². The third-order valence-corrected chi connectivity index (χ3v) is 7.30. The summed E-state index contributed by atoms with van der Waals surface area (Å²) < 4.78 is 2.49. The van der Waals surface area contributed by atoms with Crippen LogP contribution in [-0.4, -0.2) is 19.6 Å². The first-order valence-corrected chi connectivity index (χ1v) is 11.2. The van der Waals surface area contributed by atoms with Crippen molar-refractivity contribution in [3.8, 4) is 10.7 Å². The maximum atomic E-state index is 12.9. The van der Waals surface area contributed by atoms with Gasteiger partial charge in [-0.05, 0) is 55.6 Å². The van der Waals surface area contributed by atoms with Crippen molar-refractivity contribution >= 4 is 28.5 Å². The summed E-state index contributed by atoms with van der Waals surface area (Å²) in [5, 5.41) is 4.78. The fourth-order valence-electron chi connectivity index (χ4n) is 4.38. The number of hydrogen-bond donors (Lipinski definition) is 1. The number of hydrogen-bond acceptors (Lipinski definition) is 4. The van der Waals surface area contributed by atoms with Crippen LogP contribution in [-0.2, 0) is 6.42 Å². The predicted octanol–water partition coefficient (Wildman–Crippen LogP) is 5.68. The first-order chi connectivity index (χ1) is 13.3.